The second kappa shape index (κ2) is 9.06. The van der Waals surface area contributed by atoms with Crippen LogP contribution in [0.25, 0.3) is 0 Å². The summed E-state index contributed by atoms with van der Waals surface area (Å²) in [6.07, 6.45) is 8.62. The zero-order valence-corrected chi connectivity index (χ0v) is 17.9. The molecule has 164 valence electrons. The van der Waals surface area contributed by atoms with Gasteiger partial charge in [-0.3, -0.25) is 14.8 Å². The minimum atomic E-state index is -0.212. The highest BCUT2D eigenvalue weighted by Gasteiger charge is 2.38. The fourth-order valence-electron chi connectivity index (χ4n) is 3.90. The number of nitrogens with one attached hydrogen (secondary N) is 1. The highest BCUT2D eigenvalue weighted by atomic mass is 16.5. The molecule has 0 bridgehead atoms. The summed E-state index contributed by atoms with van der Waals surface area (Å²) in [6.45, 7) is 1.42. The van der Waals surface area contributed by atoms with Crippen LogP contribution in [-0.4, -0.2) is 33.5 Å². The Balaban J connectivity index is 1.16. The Hall–Kier alpha value is -3.29. The predicted octanol–water partition coefficient (Wildman–Crippen LogP) is 3.64. The van der Waals surface area contributed by atoms with Gasteiger partial charge in [-0.25, -0.2) is 10.8 Å². The van der Waals surface area contributed by atoms with Crippen LogP contribution in [0.5, 0.6) is 11.6 Å². The summed E-state index contributed by atoms with van der Waals surface area (Å²) in [6, 6.07) is 15.9. The summed E-state index contributed by atoms with van der Waals surface area (Å²) < 4.78 is 5.71. The first kappa shape index (κ1) is 20.6. The van der Waals surface area contributed by atoms with Crippen LogP contribution in [0, 0.1) is 5.92 Å². The molecule has 0 spiro atoms. The minimum absolute atomic E-state index is 0.212. The number of nitrogens with zero attached hydrogens (tertiary/aromatic N) is 3. The van der Waals surface area contributed by atoms with E-state index in [4.69, 9.17) is 10.6 Å². The van der Waals surface area contributed by atoms with E-state index in [0.29, 0.717) is 29.2 Å². The molecule has 1 aromatic heterocycles. The van der Waals surface area contributed by atoms with Gasteiger partial charge in [-0.1, -0.05) is 24.3 Å². The van der Waals surface area contributed by atoms with E-state index < -0.39 is 0 Å². The molecule has 32 heavy (non-hydrogen) atoms. The topological polar surface area (TPSA) is 93.4 Å². The molecule has 2 fully saturated rings. The van der Waals surface area contributed by atoms with Crippen LogP contribution in [0.15, 0.2) is 67.1 Å². The van der Waals surface area contributed by atoms with Crippen LogP contribution in [0.2, 0.25) is 0 Å². The Kier molecular flexibility index (Phi) is 5.83. The molecular weight excluding hydrogens is 402 g/mol. The monoisotopic (exact) mass is 429 g/mol. The first-order chi connectivity index (χ1) is 15.7. The lowest BCUT2D eigenvalue weighted by Gasteiger charge is -2.17. The second-order valence-electron chi connectivity index (χ2n) is 8.65. The van der Waals surface area contributed by atoms with Crippen molar-refractivity contribution in [1.82, 2.24) is 20.3 Å². The van der Waals surface area contributed by atoms with Crippen molar-refractivity contribution < 1.29 is 9.53 Å². The number of ether oxygens (including phenoxy) is 1. The molecule has 0 saturated heterocycles. The van der Waals surface area contributed by atoms with Gasteiger partial charge < -0.3 is 10.1 Å². The average molecular weight is 430 g/mol. The van der Waals surface area contributed by atoms with Crippen molar-refractivity contribution in [2.24, 2.45) is 11.8 Å². The molecule has 7 nitrogen and oxygen atoms in total. The lowest BCUT2D eigenvalue weighted by Crippen LogP contribution is -2.36. The van der Waals surface area contributed by atoms with Crippen molar-refractivity contribution in [3.63, 3.8) is 0 Å². The van der Waals surface area contributed by atoms with Gasteiger partial charge in [0.25, 0.3) is 5.91 Å². The van der Waals surface area contributed by atoms with E-state index in [1.54, 1.807) is 18.6 Å². The number of rotatable bonds is 9. The number of amides is 1. The number of aromatic nitrogens is 2. The Morgan fingerprint density at radius 1 is 1.16 bits per heavy atom. The van der Waals surface area contributed by atoms with E-state index in [1.165, 1.54) is 29.8 Å². The molecule has 0 aliphatic heterocycles. The second-order valence-corrected chi connectivity index (χ2v) is 8.65. The van der Waals surface area contributed by atoms with E-state index in [9.17, 15) is 4.79 Å². The lowest BCUT2D eigenvalue weighted by atomic mass is 10.1. The summed E-state index contributed by atoms with van der Waals surface area (Å²) in [4.78, 5) is 20.9. The van der Waals surface area contributed by atoms with E-state index in [0.717, 1.165) is 18.0 Å². The summed E-state index contributed by atoms with van der Waals surface area (Å²) in [5, 5.41) is 4.89. The van der Waals surface area contributed by atoms with Gasteiger partial charge in [0.2, 0.25) is 5.88 Å². The molecular formula is C25H27N5O2. The zero-order chi connectivity index (χ0) is 21.9. The van der Waals surface area contributed by atoms with Gasteiger partial charge in [0.1, 0.15) is 5.75 Å². The number of hydrogen-bond acceptors (Lipinski definition) is 6. The number of carbonyl (C=O) groups is 1. The third-order valence-corrected chi connectivity index (χ3v) is 6.02. The SMILES string of the molecule is NN(Cc1cccc(Oc2cnccn2)c1)C(=O)c1ccc(C2CC2NCC2CC2)cc1. The Bertz CT molecular complexity index is 1070. The molecule has 1 heterocycles. The molecule has 2 saturated carbocycles. The summed E-state index contributed by atoms with van der Waals surface area (Å²) in [7, 11) is 0. The van der Waals surface area contributed by atoms with Crippen molar-refractivity contribution in [3.05, 3.63) is 83.8 Å². The van der Waals surface area contributed by atoms with Gasteiger partial charge in [-0.2, -0.15) is 0 Å². The molecule has 2 unspecified atom stereocenters. The molecule has 0 radical (unpaired) electrons. The van der Waals surface area contributed by atoms with E-state index in [-0.39, 0.29) is 12.5 Å². The Morgan fingerprint density at radius 2 is 2.00 bits per heavy atom. The van der Waals surface area contributed by atoms with Crippen molar-refractivity contribution in [1.29, 1.82) is 0 Å². The maximum absolute atomic E-state index is 12.8. The maximum Gasteiger partial charge on any atom is 0.268 e. The smallest absolute Gasteiger partial charge is 0.268 e. The molecule has 2 atom stereocenters. The van der Waals surface area contributed by atoms with Crippen molar-refractivity contribution in [3.8, 4) is 11.6 Å². The molecule has 2 aliphatic rings. The van der Waals surface area contributed by atoms with Crippen LogP contribution >= 0.6 is 0 Å². The number of hydrazine groups is 1. The molecule has 2 aromatic carbocycles. The molecule has 7 heteroatoms. The van der Waals surface area contributed by atoms with Crippen LogP contribution in [0.4, 0.5) is 0 Å². The first-order valence-electron chi connectivity index (χ1n) is 11.1. The van der Waals surface area contributed by atoms with Crippen molar-refractivity contribution in [2.45, 2.75) is 37.8 Å². The number of hydrogen-bond donors (Lipinski definition) is 2. The van der Waals surface area contributed by atoms with E-state index in [2.05, 4.69) is 27.4 Å². The third kappa shape index (κ3) is 5.12. The van der Waals surface area contributed by atoms with E-state index in [1.807, 2.05) is 36.4 Å². The van der Waals surface area contributed by atoms with Gasteiger partial charge in [-0.15, -0.1) is 0 Å². The fourth-order valence-corrected chi connectivity index (χ4v) is 3.90. The number of benzene rings is 2. The summed E-state index contributed by atoms with van der Waals surface area (Å²) in [5.74, 6) is 8.36. The fraction of sp³-hybridized carbons (Fsp3) is 0.320. The zero-order valence-electron chi connectivity index (χ0n) is 17.9. The van der Waals surface area contributed by atoms with Gasteiger partial charge in [0, 0.05) is 29.9 Å². The van der Waals surface area contributed by atoms with Crippen LogP contribution < -0.4 is 15.9 Å². The Labute approximate surface area is 187 Å². The van der Waals surface area contributed by atoms with Gasteiger partial charge in [-0.05, 0) is 67.1 Å². The number of carbonyl (C=O) groups excluding carboxylic acids is 1. The average Bonchev–Trinajstić information content (AvgIpc) is 3.74. The normalized spacial score (nSPS) is 19.4. The van der Waals surface area contributed by atoms with Crippen LogP contribution in [0.3, 0.4) is 0 Å². The largest absolute Gasteiger partial charge is 0.437 e. The Morgan fingerprint density at radius 3 is 2.75 bits per heavy atom. The van der Waals surface area contributed by atoms with Crippen LogP contribution in [0.1, 0.15) is 46.7 Å². The van der Waals surface area contributed by atoms with Crippen molar-refractivity contribution in [2.75, 3.05) is 6.54 Å². The lowest BCUT2D eigenvalue weighted by molar-refractivity contribution is 0.0743. The first-order valence-corrected chi connectivity index (χ1v) is 11.1. The maximum atomic E-state index is 12.8. The van der Waals surface area contributed by atoms with Crippen LogP contribution in [-0.2, 0) is 6.54 Å². The van der Waals surface area contributed by atoms with Gasteiger partial charge >= 0.3 is 0 Å². The minimum Gasteiger partial charge on any atom is -0.437 e. The molecule has 3 aromatic rings. The summed E-state index contributed by atoms with van der Waals surface area (Å²) >= 11 is 0. The predicted molar refractivity (Wildman–Crippen MR) is 121 cm³/mol. The molecule has 1 amide bonds. The highest BCUT2D eigenvalue weighted by Crippen LogP contribution is 2.41. The van der Waals surface area contributed by atoms with Crippen molar-refractivity contribution >= 4 is 5.91 Å². The molecule has 2 aliphatic carbocycles. The third-order valence-electron chi connectivity index (χ3n) is 6.02. The van der Waals surface area contributed by atoms with Gasteiger partial charge in [0.05, 0.1) is 12.7 Å². The molecule has 3 N–H and O–H groups in total. The molecule has 5 rings (SSSR count). The van der Waals surface area contributed by atoms with E-state index >= 15 is 0 Å². The highest BCUT2D eigenvalue weighted by molar-refractivity contribution is 5.93. The quantitative estimate of drug-likeness (QED) is 0.306. The summed E-state index contributed by atoms with van der Waals surface area (Å²) in [5.41, 5.74) is 2.74. The van der Waals surface area contributed by atoms with Gasteiger partial charge in [0.15, 0.2) is 0 Å². The number of nitrogens with two attached hydrogens (primary N) is 1. The standard InChI is InChI=1S/C25H27N5O2/c26-30(16-18-2-1-3-21(12-18)32-24-15-27-10-11-28-24)25(31)20-8-6-19(7-9-20)22-13-23(22)29-14-17-4-5-17/h1-3,6-12,15,17,22-23,29H,4-5,13-14,16,26H2.